The van der Waals surface area contributed by atoms with Crippen molar-refractivity contribution in [1.82, 2.24) is 10.2 Å². The van der Waals surface area contributed by atoms with E-state index in [1.54, 1.807) is 44.7 Å². The standard InChI is InChI=1S/C31H45N3O5/c1-10-22(6)34(29(37)25(17-19(2)3)33-30(38)39-31(7,8)9)27(23-15-16-26(35)21(5)18-23)28(36)32-24-14-12-11-13-20(24)4/h11-16,18-19,22,25,27,35H,10,17H2,1-9H3,(H,32,36)(H,33,38). The van der Waals surface area contributed by atoms with Crippen molar-refractivity contribution in [1.29, 1.82) is 0 Å². The van der Waals surface area contributed by atoms with Crippen LogP contribution in [-0.4, -0.2) is 45.6 Å². The molecule has 0 saturated heterocycles. The molecule has 8 nitrogen and oxygen atoms in total. The normalized spacial score (nSPS) is 13.8. The Morgan fingerprint density at radius 3 is 2.18 bits per heavy atom. The summed E-state index contributed by atoms with van der Waals surface area (Å²) >= 11 is 0. The number of rotatable bonds is 10. The van der Waals surface area contributed by atoms with Crippen molar-refractivity contribution < 1.29 is 24.2 Å². The summed E-state index contributed by atoms with van der Waals surface area (Å²) in [6, 6.07) is 10.1. The van der Waals surface area contributed by atoms with Gasteiger partial charge in [-0.2, -0.15) is 0 Å². The highest BCUT2D eigenvalue weighted by Crippen LogP contribution is 2.31. The van der Waals surface area contributed by atoms with E-state index in [0.29, 0.717) is 29.7 Å². The molecule has 2 rings (SSSR count). The molecule has 3 N–H and O–H groups in total. The Hall–Kier alpha value is -3.55. The molecule has 0 heterocycles. The van der Waals surface area contributed by atoms with Crippen LogP contribution in [-0.2, 0) is 14.3 Å². The van der Waals surface area contributed by atoms with Gasteiger partial charge >= 0.3 is 6.09 Å². The number of phenolic OH excluding ortho intramolecular Hbond substituents is 1. The van der Waals surface area contributed by atoms with E-state index in [1.807, 2.05) is 58.9 Å². The van der Waals surface area contributed by atoms with Crippen LogP contribution in [0.4, 0.5) is 10.5 Å². The summed E-state index contributed by atoms with van der Waals surface area (Å²) in [4.78, 5) is 42.6. The van der Waals surface area contributed by atoms with Gasteiger partial charge in [0.2, 0.25) is 5.91 Å². The second-order valence-corrected chi connectivity index (χ2v) is 11.6. The van der Waals surface area contributed by atoms with E-state index in [4.69, 9.17) is 4.74 Å². The number of benzene rings is 2. The Morgan fingerprint density at radius 1 is 1.00 bits per heavy atom. The number of aryl methyl sites for hydroxylation is 2. The molecule has 0 bridgehead atoms. The number of carbonyl (C=O) groups is 3. The van der Waals surface area contributed by atoms with E-state index in [1.165, 1.54) is 6.07 Å². The smallest absolute Gasteiger partial charge is 0.408 e. The lowest BCUT2D eigenvalue weighted by atomic mass is 9.96. The monoisotopic (exact) mass is 539 g/mol. The van der Waals surface area contributed by atoms with Crippen LogP contribution in [0.25, 0.3) is 0 Å². The number of para-hydroxylation sites is 1. The molecule has 2 aromatic carbocycles. The number of nitrogens with zero attached hydrogens (tertiary/aromatic N) is 1. The second kappa shape index (κ2) is 13.5. The molecule has 0 saturated carbocycles. The highest BCUT2D eigenvalue weighted by Gasteiger charge is 2.39. The zero-order chi connectivity index (χ0) is 29.5. The minimum Gasteiger partial charge on any atom is -0.508 e. The zero-order valence-corrected chi connectivity index (χ0v) is 24.8. The van der Waals surface area contributed by atoms with Crippen LogP contribution in [0, 0.1) is 19.8 Å². The van der Waals surface area contributed by atoms with Gasteiger partial charge in [-0.15, -0.1) is 0 Å². The largest absolute Gasteiger partial charge is 0.508 e. The lowest BCUT2D eigenvalue weighted by Crippen LogP contribution is -2.55. The van der Waals surface area contributed by atoms with Crippen LogP contribution in [0.5, 0.6) is 5.75 Å². The second-order valence-electron chi connectivity index (χ2n) is 11.6. The van der Waals surface area contributed by atoms with Gasteiger partial charge in [-0.1, -0.05) is 45.0 Å². The van der Waals surface area contributed by atoms with Crippen LogP contribution in [0.3, 0.4) is 0 Å². The van der Waals surface area contributed by atoms with Gasteiger partial charge in [0.25, 0.3) is 5.91 Å². The minimum atomic E-state index is -1.01. The average molecular weight is 540 g/mol. The molecule has 39 heavy (non-hydrogen) atoms. The fraction of sp³-hybridized carbons (Fsp3) is 0.516. The quantitative estimate of drug-likeness (QED) is 0.330. The maximum absolute atomic E-state index is 14.3. The summed E-state index contributed by atoms with van der Waals surface area (Å²) < 4.78 is 5.45. The summed E-state index contributed by atoms with van der Waals surface area (Å²) in [5, 5.41) is 15.9. The van der Waals surface area contributed by atoms with Crippen molar-refractivity contribution in [3.05, 3.63) is 59.2 Å². The summed E-state index contributed by atoms with van der Waals surface area (Å²) in [5.74, 6) is -0.575. The minimum absolute atomic E-state index is 0.0860. The molecule has 0 fully saturated rings. The Bertz CT molecular complexity index is 1160. The number of ether oxygens (including phenoxy) is 1. The molecule has 3 unspecified atom stereocenters. The van der Waals surface area contributed by atoms with Gasteiger partial charge in [-0.05, 0) is 95.2 Å². The number of amides is 3. The molecule has 8 heteroatoms. The first-order valence-electron chi connectivity index (χ1n) is 13.6. The van der Waals surface area contributed by atoms with Crippen LogP contribution in [0.1, 0.15) is 84.0 Å². The highest BCUT2D eigenvalue weighted by atomic mass is 16.6. The van der Waals surface area contributed by atoms with E-state index in [2.05, 4.69) is 10.6 Å². The molecule has 0 aromatic heterocycles. The summed E-state index contributed by atoms with van der Waals surface area (Å²) in [6.07, 6.45) is 0.260. The number of carbonyl (C=O) groups excluding carboxylic acids is 3. The third kappa shape index (κ3) is 9.01. The zero-order valence-electron chi connectivity index (χ0n) is 24.8. The topological polar surface area (TPSA) is 108 Å². The lowest BCUT2D eigenvalue weighted by Gasteiger charge is -2.38. The molecule has 0 aliphatic heterocycles. The first-order chi connectivity index (χ1) is 18.1. The molecule has 3 amide bonds. The Balaban J connectivity index is 2.61. The van der Waals surface area contributed by atoms with Crippen LogP contribution in [0.2, 0.25) is 0 Å². The van der Waals surface area contributed by atoms with E-state index < -0.39 is 23.8 Å². The van der Waals surface area contributed by atoms with Gasteiger partial charge in [-0.25, -0.2) is 4.79 Å². The Kier molecular flexibility index (Phi) is 11.0. The predicted octanol–water partition coefficient (Wildman–Crippen LogP) is 6.26. The Morgan fingerprint density at radius 2 is 1.64 bits per heavy atom. The highest BCUT2D eigenvalue weighted by molar-refractivity contribution is 5.99. The third-order valence-electron chi connectivity index (χ3n) is 6.48. The van der Waals surface area contributed by atoms with E-state index >= 15 is 0 Å². The van der Waals surface area contributed by atoms with Gasteiger partial charge in [0.15, 0.2) is 0 Å². The number of nitrogens with one attached hydrogen (secondary N) is 2. The summed E-state index contributed by atoms with van der Waals surface area (Å²) in [6.45, 7) is 16.7. The SMILES string of the molecule is CCC(C)N(C(=O)C(CC(C)C)NC(=O)OC(C)(C)C)C(C(=O)Nc1ccccc1C)c1ccc(O)c(C)c1. The molecule has 0 aliphatic rings. The van der Waals surface area contributed by atoms with Crippen molar-refractivity contribution in [3.63, 3.8) is 0 Å². The molecule has 0 aliphatic carbocycles. The van der Waals surface area contributed by atoms with Gasteiger partial charge < -0.3 is 25.4 Å². The van der Waals surface area contributed by atoms with Crippen molar-refractivity contribution >= 4 is 23.6 Å². The van der Waals surface area contributed by atoms with Crippen molar-refractivity contribution in [2.75, 3.05) is 5.32 Å². The molecule has 0 radical (unpaired) electrons. The van der Waals surface area contributed by atoms with E-state index in [-0.39, 0.29) is 29.5 Å². The van der Waals surface area contributed by atoms with Gasteiger partial charge in [-0.3, -0.25) is 9.59 Å². The average Bonchev–Trinajstić information content (AvgIpc) is 2.83. The summed E-state index contributed by atoms with van der Waals surface area (Å²) in [7, 11) is 0. The van der Waals surface area contributed by atoms with Crippen LogP contribution < -0.4 is 10.6 Å². The van der Waals surface area contributed by atoms with Gasteiger partial charge in [0.1, 0.15) is 23.4 Å². The van der Waals surface area contributed by atoms with Crippen molar-refractivity contribution in [2.24, 2.45) is 5.92 Å². The first-order valence-corrected chi connectivity index (χ1v) is 13.6. The molecular weight excluding hydrogens is 494 g/mol. The lowest BCUT2D eigenvalue weighted by molar-refractivity contribution is -0.143. The van der Waals surface area contributed by atoms with Crippen molar-refractivity contribution in [3.8, 4) is 5.75 Å². The molecule has 3 atom stereocenters. The van der Waals surface area contributed by atoms with Gasteiger partial charge in [0.05, 0.1) is 0 Å². The first kappa shape index (κ1) is 31.7. The van der Waals surface area contributed by atoms with Crippen molar-refractivity contribution in [2.45, 2.75) is 98.9 Å². The number of alkyl carbamates (subject to hydrolysis) is 1. The fourth-order valence-corrected chi connectivity index (χ4v) is 4.32. The number of aromatic hydroxyl groups is 1. The maximum atomic E-state index is 14.3. The molecular formula is C31H45N3O5. The predicted molar refractivity (Wildman–Crippen MR) is 155 cm³/mol. The van der Waals surface area contributed by atoms with Gasteiger partial charge in [0, 0.05) is 11.7 Å². The number of anilines is 1. The van der Waals surface area contributed by atoms with E-state index in [9.17, 15) is 19.5 Å². The Labute approximate surface area is 233 Å². The number of hydrogen-bond acceptors (Lipinski definition) is 5. The third-order valence-corrected chi connectivity index (χ3v) is 6.48. The molecule has 214 valence electrons. The molecule has 0 spiro atoms. The number of hydrogen-bond donors (Lipinski definition) is 3. The van der Waals surface area contributed by atoms with Crippen LogP contribution in [0.15, 0.2) is 42.5 Å². The molecule has 2 aromatic rings. The number of phenols is 1. The maximum Gasteiger partial charge on any atom is 0.408 e. The van der Waals surface area contributed by atoms with Crippen LogP contribution >= 0.6 is 0 Å². The summed E-state index contributed by atoms with van der Waals surface area (Å²) in [5.41, 5.74) is 1.95. The fourth-order valence-electron chi connectivity index (χ4n) is 4.32. The van der Waals surface area contributed by atoms with E-state index in [0.717, 1.165) is 5.56 Å².